The molecule has 1 fully saturated rings. The van der Waals surface area contributed by atoms with E-state index >= 15 is 0 Å². The third kappa shape index (κ3) is 42.9. The summed E-state index contributed by atoms with van der Waals surface area (Å²) in [4.78, 5) is 13.0. The van der Waals surface area contributed by atoms with Crippen LogP contribution in [0.3, 0.4) is 0 Å². The highest BCUT2D eigenvalue weighted by atomic mass is 16.7. The molecule has 7 unspecified atom stereocenters. The second-order valence-corrected chi connectivity index (χ2v) is 19.7. The second kappa shape index (κ2) is 54.2. The van der Waals surface area contributed by atoms with E-state index in [-0.39, 0.29) is 12.5 Å². The number of amides is 1. The van der Waals surface area contributed by atoms with Crippen molar-refractivity contribution in [2.45, 2.75) is 243 Å². The molecule has 428 valence electrons. The monoisotopic (exact) mass is 1050 g/mol. The number of ether oxygens (including phenoxy) is 2. The zero-order valence-electron chi connectivity index (χ0n) is 47.4. The summed E-state index contributed by atoms with van der Waals surface area (Å²) in [5.41, 5.74) is 0. The number of allylic oxidation sites excluding steroid dienone is 25. The van der Waals surface area contributed by atoms with Crippen molar-refractivity contribution in [3.05, 3.63) is 158 Å². The summed E-state index contributed by atoms with van der Waals surface area (Å²) in [6, 6.07) is -0.840. The van der Waals surface area contributed by atoms with Crippen LogP contribution in [0.25, 0.3) is 0 Å². The number of hydrogen-bond acceptors (Lipinski definition) is 8. The molecule has 9 nitrogen and oxygen atoms in total. The lowest BCUT2D eigenvalue weighted by atomic mass is 9.99. The van der Waals surface area contributed by atoms with Crippen molar-refractivity contribution >= 4 is 5.91 Å². The summed E-state index contributed by atoms with van der Waals surface area (Å²) in [6.07, 6.45) is 79.0. The van der Waals surface area contributed by atoms with E-state index < -0.39 is 49.5 Å². The maximum absolute atomic E-state index is 13.0. The molecule has 76 heavy (non-hydrogen) atoms. The Hall–Kier alpha value is -4.19. The molecule has 9 heteroatoms. The van der Waals surface area contributed by atoms with Gasteiger partial charge in [-0.05, 0) is 116 Å². The molecule has 0 spiro atoms. The Kier molecular flexibility index (Phi) is 49.8. The van der Waals surface area contributed by atoms with Crippen LogP contribution in [0, 0.1) is 0 Å². The highest BCUT2D eigenvalue weighted by molar-refractivity contribution is 5.76. The van der Waals surface area contributed by atoms with Crippen molar-refractivity contribution in [1.29, 1.82) is 0 Å². The summed E-state index contributed by atoms with van der Waals surface area (Å²) in [6.45, 7) is 3.56. The standard InChI is InChI=1S/C67H107NO8/c1-3-5-7-9-11-13-15-17-18-19-20-21-22-23-24-25-26-27-28-29-30-31-32-33-34-35-36-37-38-39-40-41-42-43-44-45-47-49-51-53-55-57-63(71)68-60(59-75-67-66(74)65(73)64(72)62(58-69)76-67)61(70)56-54-52-50-48-46-16-14-12-10-8-6-4-2/h5,7,10-13,17-18,20-21,23-24,26-27,29-30,32-33,35-36,38-39,46,48,54,56,60-62,64-67,69-70,72-74H,3-4,6,8-9,14-16,19,22,25,28,31,34,37,40-45,47,49-53,55,57-59H2,1-2H3,(H,68,71)/b7-5-,12-10+,13-11-,18-17-,21-20-,24-23-,27-26-,30-29-,33-32-,36-35-,39-38-,48-46+,56-54+. The van der Waals surface area contributed by atoms with Gasteiger partial charge in [-0.1, -0.05) is 236 Å². The second-order valence-electron chi connectivity index (χ2n) is 19.7. The Morgan fingerprint density at radius 3 is 1.26 bits per heavy atom. The van der Waals surface area contributed by atoms with Gasteiger partial charge < -0.3 is 40.3 Å². The predicted molar refractivity (Wildman–Crippen MR) is 322 cm³/mol. The molecule has 0 saturated carbocycles. The van der Waals surface area contributed by atoms with Crippen molar-refractivity contribution in [1.82, 2.24) is 5.32 Å². The molecule has 0 aromatic carbocycles. The zero-order chi connectivity index (χ0) is 55.0. The van der Waals surface area contributed by atoms with Gasteiger partial charge >= 0.3 is 0 Å². The van der Waals surface area contributed by atoms with E-state index in [4.69, 9.17) is 9.47 Å². The number of rotatable bonds is 48. The van der Waals surface area contributed by atoms with Crippen LogP contribution >= 0.6 is 0 Å². The molecule has 1 heterocycles. The minimum Gasteiger partial charge on any atom is -0.394 e. The van der Waals surface area contributed by atoms with Crippen LogP contribution in [0.5, 0.6) is 0 Å². The molecule has 1 amide bonds. The third-order valence-corrected chi connectivity index (χ3v) is 12.8. The highest BCUT2D eigenvalue weighted by Gasteiger charge is 2.44. The lowest BCUT2D eigenvalue weighted by Crippen LogP contribution is -2.60. The fourth-order valence-electron chi connectivity index (χ4n) is 8.14. The minimum absolute atomic E-state index is 0.205. The number of aliphatic hydroxyl groups is 5. The van der Waals surface area contributed by atoms with Gasteiger partial charge in [-0.15, -0.1) is 0 Å². The Bertz CT molecular complexity index is 1740. The van der Waals surface area contributed by atoms with Crippen molar-refractivity contribution in [2.75, 3.05) is 13.2 Å². The average molecular weight is 1050 g/mol. The summed E-state index contributed by atoms with van der Waals surface area (Å²) < 4.78 is 11.2. The van der Waals surface area contributed by atoms with Crippen molar-refractivity contribution < 1.29 is 39.8 Å². The first-order valence-corrected chi connectivity index (χ1v) is 29.7. The van der Waals surface area contributed by atoms with Gasteiger partial charge in [-0.2, -0.15) is 0 Å². The van der Waals surface area contributed by atoms with Gasteiger partial charge in [0.1, 0.15) is 24.4 Å². The maximum atomic E-state index is 13.0. The van der Waals surface area contributed by atoms with Gasteiger partial charge in [0.15, 0.2) is 6.29 Å². The molecular weight excluding hydrogens is 947 g/mol. The Labute approximate surface area is 463 Å². The predicted octanol–water partition coefficient (Wildman–Crippen LogP) is 15.2. The molecule has 0 aromatic heterocycles. The normalized spacial score (nSPS) is 20.0. The minimum atomic E-state index is -1.58. The number of unbranched alkanes of at least 4 members (excludes halogenated alkanes) is 14. The SMILES string of the molecule is CC/C=C\C/C=C\C/C=C\C/C=C\C/C=C\C/C=C\C/C=C\C/C=C\C/C=C\C/C=C\CCCCCCCCCCCCC(=O)NC(COC1OC(CO)C(O)C(O)C1O)C(O)/C=C/CC/C=C/CC/C=C/CCCC. The molecular formula is C67H107NO8. The first kappa shape index (κ1) is 69.8. The quantitative estimate of drug-likeness (QED) is 0.0261. The molecule has 1 rings (SSSR count). The summed E-state index contributed by atoms with van der Waals surface area (Å²) >= 11 is 0. The molecule has 0 radical (unpaired) electrons. The molecule has 1 saturated heterocycles. The van der Waals surface area contributed by atoms with Crippen molar-refractivity contribution in [3.63, 3.8) is 0 Å². The van der Waals surface area contributed by atoms with E-state index in [1.807, 2.05) is 6.08 Å². The molecule has 1 aliphatic heterocycles. The van der Waals surface area contributed by atoms with E-state index in [2.05, 4.69) is 165 Å². The van der Waals surface area contributed by atoms with Crippen LogP contribution in [-0.4, -0.2) is 87.5 Å². The van der Waals surface area contributed by atoms with Crippen LogP contribution in [0.2, 0.25) is 0 Å². The van der Waals surface area contributed by atoms with E-state index in [0.717, 1.165) is 128 Å². The lowest BCUT2D eigenvalue weighted by molar-refractivity contribution is -0.302. The van der Waals surface area contributed by atoms with Gasteiger partial charge in [0.2, 0.25) is 5.91 Å². The van der Waals surface area contributed by atoms with Crippen LogP contribution in [0.4, 0.5) is 0 Å². The van der Waals surface area contributed by atoms with Gasteiger partial charge in [-0.3, -0.25) is 4.79 Å². The summed E-state index contributed by atoms with van der Waals surface area (Å²) in [5, 5.41) is 54.3. The van der Waals surface area contributed by atoms with E-state index in [1.165, 1.54) is 51.4 Å². The zero-order valence-corrected chi connectivity index (χ0v) is 47.4. The molecule has 6 N–H and O–H groups in total. The number of carbonyl (C=O) groups is 1. The molecule has 0 bridgehead atoms. The van der Waals surface area contributed by atoms with Gasteiger partial charge in [0, 0.05) is 6.42 Å². The first-order chi connectivity index (χ1) is 37.3. The number of carbonyl (C=O) groups excluding carboxylic acids is 1. The third-order valence-electron chi connectivity index (χ3n) is 12.8. The number of hydrogen-bond donors (Lipinski definition) is 6. The van der Waals surface area contributed by atoms with Crippen LogP contribution in [-0.2, 0) is 14.3 Å². The Morgan fingerprint density at radius 2 is 0.829 bits per heavy atom. The van der Waals surface area contributed by atoms with E-state index in [9.17, 15) is 30.3 Å². The van der Waals surface area contributed by atoms with Crippen molar-refractivity contribution in [2.24, 2.45) is 0 Å². The van der Waals surface area contributed by atoms with E-state index in [1.54, 1.807) is 6.08 Å². The molecule has 7 atom stereocenters. The lowest BCUT2D eigenvalue weighted by Gasteiger charge is -2.40. The fourth-order valence-corrected chi connectivity index (χ4v) is 8.14. The molecule has 0 aliphatic carbocycles. The van der Waals surface area contributed by atoms with Crippen molar-refractivity contribution in [3.8, 4) is 0 Å². The largest absolute Gasteiger partial charge is 0.394 e. The number of aliphatic hydroxyl groups excluding tert-OH is 5. The van der Waals surface area contributed by atoms with Crippen LogP contribution in [0.1, 0.15) is 200 Å². The Morgan fingerprint density at radius 1 is 0.461 bits per heavy atom. The van der Waals surface area contributed by atoms with E-state index in [0.29, 0.717) is 6.42 Å². The van der Waals surface area contributed by atoms with Crippen LogP contribution < -0.4 is 5.32 Å². The first-order valence-electron chi connectivity index (χ1n) is 29.7. The van der Waals surface area contributed by atoms with Gasteiger partial charge in [0.05, 0.1) is 25.4 Å². The highest BCUT2D eigenvalue weighted by Crippen LogP contribution is 2.22. The Balaban J connectivity index is 2.14. The smallest absolute Gasteiger partial charge is 0.220 e. The summed E-state index contributed by atoms with van der Waals surface area (Å²) in [5.74, 6) is -0.205. The van der Waals surface area contributed by atoms with Crippen LogP contribution in [0.15, 0.2) is 158 Å². The summed E-state index contributed by atoms with van der Waals surface area (Å²) in [7, 11) is 0. The topological polar surface area (TPSA) is 149 Å². The number of nitrogens with one attached hydrogen (secondary N) is 1. The maximum Gasteiger partial charge on any atom is 0.220 e. The van der Waals surface area contributed by atoms with Gasteiger partial charge in [0.25, 0.3) is 0 Å². The van der Waals surface area contributed by atoms with Gasteiger partial charge in [-0.25, -0.2) is 0 Å². The molecule has 0 aromatic rings. The average Bonchev–Trinajstić information content (AvgIpc) is 3.42. The molecule has 1 aliphatic rings. The fraction of sp³-hybridized carbons (Fsp3) is 0.597.